The van der Waals surface area contributed by atoms with Crippen LogP contribution in [-0.4, -0.2) is 21.7 Å². The first kappa shape index (κ1) is 11.7. The number of aliphatic imine (C=N–C) groups is 1. The van der Waals surface area contributed by atoms with Crippen LogP contribution < -0.4 is 0 Å². The lowest BCUT2D eigenvalue weighted by Gasteiger charge is -1.89. The van der Waals surface area contributed by atoms with E-state index in [2.05, 4.69) is 22.4 Å². The number of hydrogen-bond donors (Lipinski definition) is 0. The largest absolute Gasteiger partial charge is 0.255 e. The highest BCUT2D eigenvalue weighted by Gasteiger charge is 1.88. The summed E-state index contributed by atoms with van der Waals surface area (Å²) in [6.45, 7) is 2.66. The van der Waals surface area contributed by atoms with Crippen LogP contribution in [0.3, 0.4) is 0 Å². The van der Waals surface area contributed by atoms with Crippen LogP contribution in [0.1, 0.15) is 19.8 Å². The van der Waals surface area contributed by atoms with Crippen LogP contribution in [0.5, 0.6) is 0 Å². The van der Waals surface area contributed by atoms with Gasteiger partial charge in [-0.2, -0.15) is 0 Å². The smallest absolute Gasteiger partial charge is 0.0585 e. The van der Waals surface area contributed by atoms with Crippen molar-refractivity contribution in [3.05, 3.63) is 11.5 Å². The number of nitrogens with zero attached hydrogens (tertiary/aromatic N) is 1. The number of isothiocyanates is 1. The van der Waals surface area contributed by atoms with Crippen LogP contribution in [0.25, 0.3) is 0 Å². The Bertz CT molecular complexity index is 207. The molecule has 0 aliphatic carbocycles. The van der Waals surface area contributed by atoms with E-state index in [1.54, 1.807) is 5.41 Å². The maximum absolute atomic E-state index is 11.0. The normalized spacial score (nSPS) is 12.8. The Hall–Kier alpha value is -0.310. The number of hydrogen-bond acceptors (Lipinski definition) is 3. The molecule has 0 bridgehead atoms. The van der Waals surface area contributed by atoms with Gasteiger partial charge in [-0.15, -0.1) is 0 Å². The van der Waals surface area contributed by atoms with Gasteiger partial charge in [-0.1, -0.05) is 13.0 Å². The zero-order valence-corrected chi connectivity index (χ0v) is 8.79. The summed E-state index contributed by atoms with van der Waals surface area (Å²) in [7, 11) is -0.794. The first-order valence-electron chi connectivity index (χ1n) is 3.88. The van der Waals surface area contributed by atoms with Crippen LogP contribution in [0, 0.1) is 0 Å². The summed E-state index contributed by atoms with van der Waals surface area (Å²) < 4.78 is 11.0. The predicted octanol–water partition coefficient (Wildman–Crippen LogP) is 2.15. The molecule has 0 heterocycles. The fraction of sp³-hybridized carbons (Fsp3) is 0.625. The highest BCUT2D eigenvalue weighted by molar-refractivity contribution is 7.87. The monoisotopic (exact) mass is 203 g/mol. The van der Waals surface area contributed by atoms with Crippen molar-refractivity contribution in [2.45, 2.75) is 19.8 Å². The molecule has 0 radical (unpaired) electrons. The van der Waals surface area contributed by atoms with Crippen LogP contribution >= 0.6 is 12.2 Å². The fourth-order valence-electron chi connectivity index (χ4n) is 0.629. The summed E-state index contributed by atoms with van der Waals surface area (Å²) in [5.41, 5.74) is 0. The van der Waals surface area contributed by atoms with Gasteiger partial charge in [0.05, 0.1) is 11.7 Å². The van der Waals surface area contributed by atoms with E-state index in [0.717, 1.165) is 18.6 Å². The van der Waals surface area contributed by atoms with E-state index in [0.29, 0.717) is 6.54 Å². The molecule has 68 valence electrons. The third-order valence-electron chi connectivity index (χ3n) is 1.13. The molecule has 0 rings (SSSR count). The molecule has 0 aromatic carbocycles. The molecule has 12 heavy (non-hydrogen) atoms. The van der Waals surface area contributed by atoms with Crippen molar-refractivity contribution in [3.8, 4) is 0 Å². The van der Waals surface area contributed by atoms with Crippen LogP contribution in [0.15, 0.2) is 16.5 Å². The Morgan fingerprint density at radius 1 is 1.67 bits per heavy atom. The Morgan fingerprint density at radius 2 is 2.42 bits per heavy atom. The van der Waals surface area contributed by atoms with Gasteiger partial charge in [0.25, 0.3) is 0 Å². The van der Waals surface area contributed by atoms with Crippen LogP contribution in [0.4, 0.5) is 0 Å². The lowest BCUT2D eigenvalue weighted by Crippen LogP contribution is -1.89. The number of rotatable bonds is 6. The SMILES string of the molecule is CCCS(=O)/C=C/CCN=C=S. The van der Waals surface area contributed by atoms with Crippen molar-refractivity contribution in [1.82, 2.24) is 0 Å². The van der Waals surface area contributed by atoms with Crippen molar-refractivity contribution >= 4 is 28.2 Å². The van der Waals surface area contributed by atoms with Crippen LogP contribution in [0.2, 0.25) is 0 Å². The first-order valence-corrected chi connectivity index (χ1v) is 5.67. The zero-order valence-electron chi connectivity index (χ0n) is 7.16. The second-order valence-electron chi connectivity index (χ2n) is 2.22. The lowest BCUT2D eigenvalue weighted by atomic mass is 10.4. The van der Waals surface area contributed by atoms with Crippen LogP contribution in [-0.2, 0) is 10.8 Å². The minimum atomic E-state index is -0.794. The first-order chi connectivity index (χ1) is 5.81. The highest BCUT2D eigenvalue weighted by atomic mass is 32.2. The third-order valence-corrected chi connectivity index (χ3v) is 2.56. The van der Waals surface area contributed by atoms with Crippen molar-refractivity contribution < 1.29 is 4.21 Å². The summed E-state index contributed by atoms with van der Waals surface area (Å²) in [5, 5.41) is 4.00. The van der Waals surface area contributed by atoms with E-state index in [4.69, 9.17) is 0 Å². The molecule has 0 spiro atoms. The second-order valence-corrected chi connectivity index (χ2v) is 3.84. The van der Waals surface area contributed by atoms with Crippen molar-refractivity contribution in [3.63, 3.8) is 0 Å². The topological polar surface area (TPSA) is 29.4 Å². The van der Waals surface area contributed by atoms with Gasteiger partial charge in [0.2, 0.25) is 0 Å². The van der Waals surface area contributed by atoms with E-state index in [-0.39, 0.29) is 0 Å². The van der Waals surface area contributed by atoms with Gasteiger partial charge in [-0.05, 0) is 30.5 Å². The number of thiocarbonyl (C=S) groups is 1. The molecule has 1 unspecified atom stereocenters. The van der Waals surface area contributed by atoms with E-state index in [1.807, 2.05) is 13.0 Å². The maximum Gasteiger partial charge on any atom is 0.0585 e. The Kier molecular flexibility index (Phi) is 8.56. The minimum absolute atomic E-state index is 0.642. The fourth-order valence-corrected chi connectivity index (χ4v) is 1.61. The predicted molar refractivity (Wildman–Crippen MR) is 57.0 cm³/mol. The molecule has 0 aliphatic heterocycles. The Labute approximate surface area is 81.2 Å². The van der Waals surface area contributed by atoms with Crippen molar-refractivity contribution in [2.75, 3.05) is 12.3 Å². The zero-order chi connectivity index (χ0) is 9.23. The van der Waals surface area contributed by atoms with Gasteiger partial charge >= 0.3 is 0 Å². The standard InChI is InChI=1S/C8H13NOS2/c1-2-6-12(10)7-4-3-5-9-8-11/h4,7H,2-3,5-6H2,1H3/b7-4+. The van der Waals surface area contributed by atoms with E-state index in [1.165, 1.54) is 0 Å². The highest BCUT2D eigenvalue weighted by Crippen LogP contribution is 1.91. The second kappa shape index (κ2) is 8.78. The summed E-state index contributed by atoms with van der Waals surface area (Å²) in [6, 6.07) is 0. The molecular formula is C8H13NOS2. The molecule has 2 nitrogen and oxygen atoms in total. The molecular weight excluding hydrogens is 190 g/mol. The molecule has 0 saturated heterocycles. The van der Waals surface area contributed by atoms with Gasteiger partial charge in [0, 0.05) is 16.6 Å². The molecule has 0 aromatic heterocycles. The lowest BCUT2D eigenvalue weighted by molar-refractivity contribution is 0.687. The van der Waals surface area contributed by atoms with Gasteiger partial charge in [-0.3, -0.25) is 4.21 Å². The molecule has 0 aromatic rings. The van der Waals surface area contributed by atoms with Crippen molar-refractivity contribution in [1.29, 1.82) is 0 Å². The summed E-state index contributed by atoms with van der Waals surface area (Å²) in [4.78, 5) is 3.73. The molecule has 4 heteroatoms. The van der Waals surface area contributed by atoms with Gasteiger partial charge < -0.3 is 0 Å². The quantitative estimate of drug-likeness (QED) is 0.376. The molecule has 0 amide bonds. The molecule has 0 aliphatic rings. The summed E-state index contributed by atoms with van der Waals surface area (Å²) in [5.74, 6) is 0.743. The molecule has 0 N–H and O–H groups in total. The maximum atomic E-state index is 11.0. The van der Waals surface area contributed by atoms with Crippen molar-refractivity contribution in [2.24, 2.45) is 4.99 Å². The summed E-state index contributed by atoms with van der Waals surface area (Å²) in [6.07, 6.45) is 3.62. The minimum Gasteiger partial charge on any atom is -0.255 e. The van der Waals surface area contributed by atoms with Gasteiger partial charge in [-0.25, -0.2) is 4.99 Å². The van der Waals surface area contributed by atoms with E-state index < -0.39 is 10.8 Å². The summed E-state index contributed by atoms with van der Waals surface area (Å²) >= 11 is 4.39. The molecule has 0 saturated carbocycles. The van der Waals surface area contributed by atoms with E-state index in [9.17, 15) is 4.21 Å². The van der Waals surface area contributed by atoms with Gasteiger partial charge in [0.1, 0.15) is 0 Å². The average Bonchev–Trinajstić information content (AvgIpc) is 2.05. The molecule has 0 fully saturated rings. The van der Waals surface area contributed by atoms with E-state index >= 15 is 0 Å². The Balaban J connectivity index is 3.47. The average molecular weight is 203 g/mol. The third kappa shape index (κ3) is 7.79. The molecule has 1 atom stereocenters. The van der Waals surface area contributed by atoms with Gasteiger partial charge in [0.15, 0.2) is 0 Å². The Morgan fingerprint density at radius 3 is 3.00 bits per heavy atom.